The molecule has 1 N–H and O–H groups in total. The van der Waals surface area contributed by atoms with E-state index < -0.39 is 0 Å². The number of aromatic nitrogens is 1. The van der Waals surface area contributed by atoms with Gasteiger partial charge in [-0.1, -0.05) is 6.07 Å². The van der Waals surface area contributed by atoms with Crippen LogP contribution in [-0.2, 0) is 4.74 Å². The third-order valence-corrected chi connectivity index (χ3v) is 4.49. The number of benzene rings is 1. The topological polar surface area (TPSA) is 51.2 Å². The van der Waals surface area contributed by atoms with Gasteiger partial charge in [0.2, 0.25) is 0 Å². The first-order valence-electron chi connectivity index (χ1n) is 6.61. The number of carbonyl (C=O) groups is 1. The third kappa shape index (κ3) is 3.44. The van der Waals surface area contributed by atoms with Gasteiger partial charge in [-0.25, -0.2) is 4.79 Å². The molecule has 2 rings (SSSR count). The molecule has 6 heteroatoms. The van der Waals surface area contributed by atoms with Crippen molar-refractivity contribution in [3.05, 3.63) is 39.0 Å². The number of anilines is 2. The molecule has 2 aromatic rings. The van der Waals surface area contributed by atoms with Gasteiger partial charge in [-0.05, 0) is 72.4 Å². The summed E-state index contributed by atoms with van der Waals surface area (Å²) in [5.74, 6) is -0.341. The Morgan fingerprint density at radius 3 is 2.71 bits per heavy atom. The predicted molar refractivity (Wildman–Crippen MR) is 89.7 cm³/mol. The fourth-order valence-electron chi connectivity index (χ4n) is 2.09. The number of carbonyl (C=O) groups excluding carboxylic acids is 1. The number of hydrogen-bond donors (Lipinski definition) is 1. The van der Waals surface area contributed by atoms with Crippen molar-refractivity contribution in [1.29, 1.82) is 0 Å². The zero-order valence-electron chi connectivity index (χ0n) is 12.4. The minimum Gasteiger partial charge on any atom is -0.462 e. The fourth-order valence-corrected chi connectivity index (χ4v) is 3.65. The summed E-state index contributed by atoms with van der Waals surface area (Å²) in [6, 6.07) is 4.12. The van der Waals surface area contributed by atoms with Crippen molar-refractivity contribution in [2.45, 2.75) is 27.7 Å². The molecule has 4 nitrogen and oxygen atoms in total. The normalized spacial score (nSPS) is 10.5. The Morgan fingerprint density at radius 2 is 2.10 bits per heavy atom. The molecule has 0 aliphatic heterocycles. The number of rotatable bonds is 4. The lowest BCUT2D eigenvalue weighted by molar-refractivity contribution is 0.0527. The fraction of sp³-hybridized carbons (Fsp3) is 0.333. The van der Waals surface area contributed by atoms with E-state index in [1.54, 1.807) is 6.92 Å². The molecule has 0 aliphatic rings. The number of halogens is 1. The third-order valence-electron chi connectivity index (χ3n) is 3.01. The predicted octanol–water partition coefficient (Wildman–Crippen LogP) is 4.75. The molecule has 0 fully saturated rings. The highest BCUT2D eigenvalue weighted by atomic mass is 79.9. The molecule has 0 saturated carbocycles. The second kappa shape index (κ2) is 6.58. The number of esters is 1. The summed E-state index contributed by atoms with van der Waals surface area (Å²) in [6.07, 6.45) is 0. The molecule has 112 valence electrons. The number of aryl methyl sites for hydroxylation is 3. The van der Waals surface area contributed by atoms with Gasteiger partial charge in [0.15, 0.2) is 0 Å². The van der Waals surface area contributed by atoms with Crippen LogP contribution in [0.4, 0.5) is 10.7 Å². The van der Waals surface area contributed by atoms with Gasteiger partial charge in [0.1, 0.15) is 10.6 Å². The quantitative estimate of drug-likeness (QED) is 0.790. The van der Waals surface area contributed by atoms with Crippen molar-refractivity contribution in [3.63, 3.8) is 0 Å². The van der Waals surface area contributed by atoms with Crippen LogP contribution in [0, 0.1) is 20.8 Å². The second-order valence-electron chi connectivity index (χ2n) is 4.76. The maximum Gasteiger partial charge on any atom is 0.343 e. The maximum absolute atomic E-state index is 12.1. The van der Waals surface area contributed by atoms with Crippen molar-refractivity contribution in [3.8, 4) is 0 Å². The first-order valence-corrected chi connectivity index (χ1v) is 8.17. The van der Waals surface area contributed by atoms with Crippen molar-refractivity contribution < 1.29 is 9.53 Å². The van der Waals surface area contributed by atoms with Crippen molar-refractivity contribution >= 4 is 44.1 Å². The smallest absolute Gasteiger partial charge is 0.343 e. The van der Waals surface area contributed by atoms with E-state index in [0.717, 1.165) is 15.7 Å². The van der Waals surface area contributed by atoms with E-state index in [1.807, 2.05) is 26.8 Å². The molecule has 21 heavy (non-hydrogen) atoms. The van der Waals surface area contributed by atoms with Crippen LogP contribution in [0.15, 0.2) is 16.6 Å². The molecule has 0 atom stereocenters. The van der Waals surface area contributed by atoms with Crippen LogP contribution >= 0.6 is 27.5 Å². The van der Waals surface area contributed by atoms with Crippen molar-refractivity contribution in [1.82, 2.24) is 4.37 Å². The van der Waals surface area contributed by atoms with Crippen LogP contribution in [0.1, 0.15) is 34.1 Å². The monoisotopic (exact) mass is 368 g/mol. The number of ether oxygens (including phenoxy) is 1. The molecule has 0 saturated heterocycles. The Balaban J connectivity index is 2.39. The minimum atomic E-state index is -0.341. The summed E-state index contributed by atoms with van der Waals surface area (Å²) in [5.41, 5.74) is 4.41. The lowest BCUT2D eigenvalue weighted by Crippen LogP contribution is -2.08. The van der Waals surface area contributed by atoms with E-state index in [2.05, 4.69) is 31.7 Å². The first kappa shape index (κ1) is 16.0. The lowest BCUT2D eigenvalue weighted by Gasteiger charge is -2.12. The minimum absolute atomic E-state index is 0.341. The molecule has 0 spiro atoms. The lowest BCUT2D eigenvalue weighted by atomic mass is 10.1. The molecule has 0 amide bonds. The number of nitrogens with zero attached hydrogens (tertiary/aromatic N) is 1. The standard InChI is InChI=1S/C15H17BrN2O2S/c1-5-20-15(19)12-10(4)18-21-14(12)17-13-9(3)6-8(2)7-11(13)16/h6-7,17H,5H2,1-4H3. The summed E-state index contributed by atoms with van der Waals surface area (Å²) >= 11 is 4.82. The summed E-state index contributed by atoms with van der Waals surface area (Å²) in [6.45, 7) is 8.02. The Bertz CT molecular complexity index is 659. The summed E-state index contributed by atoms with van der Waals surface area (Å²) < 4.78 is 10.3. The first-order chi connectivity index (χ1) is 9.93. The zero-order valence-corrected chi connectivity index (χ0v) is 14.8. The average molecular weight is 369 g/mol. The Labute approximate surface area is 136 Å². The highest BCUT2D eigenvalue weighted by Gasteiger charge is 2.20. The molecule has 1 aromatic heterocycles. The Hall–Kier alpha value is -1.40. The molecule has 0 radical (unpaired) electrons. The van der Waals surface area contributed by atoms with E-state index >= 15 is 0 Å². The van der Waals surface area contributed by atoms with E-state index in [4.69, 9.17) is 4.74 Å². The summed E-state index contributed by atoms with van der Waals surface area (Å²) in [5, 5.41) is 4.01. The molecular weight excluding hydrogens is 352 g/mol. The van der Waals surface area contributed by atoms with Crippen LogP contribution in [0.25, 0.3) is 0 Å². The highest BCUT2D eigenvalue weighted by molar-refractivity contribution is 9.10. The van der Waals surface area contributed by atoms with Crippen LogP contribution in [0.2, 0.25) is 0 Å². The Kier molecular flexibility index (Phi) is 5.00. The second-order valence-corrected chi connectivity index (χ2v) is 6.38. The number of nitrogens with one attached hydrogen (secondary N) is 1. The van der Waals surface area contributed by atoms with E-state index in [-0.39, 0.29) is 5.97 Å². The van der Waals surface area contributed by atoms with Crippen LogP contribution in [-0.4, -0.2) is 16.9 Å². The molecule has 1 heterocycles. The average Bonchev–Trinajstić information content (AvgIpc) is 2.75. The zero-order chi connectivity index (χ0) is 15.6. The molecule has 0 aliphatic carbocycles. The molecule has 1 aromatic carbocycles. The Morgan fingerprint density at radius 1 is 1.38 bits per heavy atom. The van der Waals surface area contributed by atoms with Crippen molar-refractivity contribution in [2.24, 2.45) is 0 Å². The van der Waals surface area contributed by atoms with Crippen LogP contribution < -0.4 is 5.32 Å². The molecule has 0 unspecified atom stereocenters. The van der Waals surface area contributed by atoms with Crippen LogP contribution in [0.5, 0.6) is 0 Å². The summed E-state index contributed by atoms with van der Waals surface area (Å²) in [7, 11) is 0. The van der Waals surface area contributed by atoms with Gasteiger partial charge in [-0.3, -0.25) is 0 Å². The van der Waals surface area contributed by atoms with Crippen LogP contribution in [0.3, 0.4) is 0 Å². The van der Waals surface area contributed by atoms with Crippen molar-refractivity contribution in [2.75, 3.05) is 11.9 Å². The van der Waals surface area contributed by atoms with Gasteiger partial charge in [0.25, 0.3) is 0 Å². The summed E-state index contributed by atoms with van der Waals surface area (Å²) in [4.78, 5) is 12.1. The molecular formula is C15H17BrN2O2S. The van der Waals surface area contributed by atoms with E-state index in [9.17, 15) is 4.79 Å². The largest absolute Gasteiger partial charge is 0.462 e. The van der Waals surface area contributed by atoms with Gasteiger partial charge < -0.3 is 10.1 Å². The molecule has 0 bridgehead atoms. The van der Waals surface area contributed by atoms with E-state index in [0.29, 0.717) is 22.9 Å². The van der Waals surface area contributed by atoms with Gasteiger partial charge in [0.05, 0.1) is 18.0 Å². The van der Waals surface area contributed by atoms with Gasteiger partial charge in [0, 0.05) is 4.47 Å². The van der Waals surface area contributed by atoms with Gasteiger partial charge in [-0.2, -0.15) is 4.37 Å². The van der Waals surface area contributed by atoms with Gasteiger partial charge >= 0.3 is 5.97 Å². The SMILES string of the molecule is CCOC(=O)c1c(C)nsc1Nc1c(C)cc(C)cc1Br. The maximum atomic E-state index is 12.1. The highest BCUT2D eigenvalue weighted by Crippen LogP contribution is 2.34. The van der Waals surface area contributed by atoms with E-state index in [1.165, 1.54) is 17.1 Å². The number of hydrogen-bond acceptors (Lipinski definition) is 5. The van der Waals surface area contributed by atoms with Gasteiger partial charge in [-0.15, -0.1) is 0 Å².